The maximum Gasteiger partial charge on any atom is 0.293 e. The van der Waals surface area contributed by atoms with Crippen LogP contribution in [0.4, 0.5) is 17.1 Å². The molecule has 3 heterocycles. The van der Waals surface area contributed by atoms with Crippen molar-refractivity contribution in [2.24, 2.45) is 7.05 Å². The highest BCUT2D eigenvalue weighted by molar-refractivity contribution is 5.86. The van der Waals surface area contributed by atoms with Crippen LogP contribution in [0.2, 0.25) is 0 Å². The van der Waals surface area contributed by atoms with Gasteiger partial charge in [-0.3, -0.25) is 19.6 Å². The van der Waals surface area contributed by atoms with Crippen molar-refractivity contribution in [2.75, 3.05) is 23.3 Å². The number of hydrogen-bond acceptors (Lipinski definition) is 7. The predicted octanol–water partition coefficient (Wildman–Crippen LogP) is 1.65. The largest absolute Gasteiger partial charge is 0.375 e. The van der Waals surface area contributed by atoms with E-state index in [4.69, 9.17) is 0 Å². The predicted molar refractivity (Wildman–Crippen MR) is 101 cm³/mol. The SMILES string of the molecule is Cn1cc(N2CCCC(Nc3cc4nc[nH]c(=O)c4cc3[N+](=O)[O-])C2)cn1. The molecule has 1 fully saturated rings. The molecule has 1 aromatic carbocycles. The van der Waals surface area contributed by atoms with Gasteiger partial charge in [0.2, 0.25) is 0 Å². The van der Waals surface area contributed by atoms with Gasteiger partial charge in [-0.25, -0.2) is 4.98 Å². The normalized spacial score (nSPS) is 17.2. The van der Waals surface area contributed by atoms with Crippen LogP contribution in [0.3, 0.4) is 0 Å². The van der Waals surface area contributed by atoms with Crippen LogP contribution in [0.25, 0.3) is 10.9 Å². The molecule has 1 aliphatic rings. The van der Waals surface area contributed by atoms with E-state index in [9.17, 15) is 14.9 Å². The molecule has 4 rings (SSSR count). The van der Waals surface area contributed by atoms with Crippen molar-refractivity contribution in [3.8, 4) is 0 Å². The Morgan fingerprint density at radius 3 is 3.00 bits per heavy atom. The zero-order chi connectivity index (χ0) is 19.0. The Kier molecular flexibility index (Phi) is 4.22. The smallest absolute Gasteiger partial charge is 0.293 e. The minimum absolute atomic E-state index is 0.0390. The Labute approximate surface area is 154 Å². The molecule has 0 amide bonds. The van der Waals surface area contributed by atoms with Crippen molar-refractivity contribution in [3.63, 3.8) is 0 Å². The summed E-state index contributed by atoms with van der Waals surface area (Å²) in [4.78, 5) is 31.7. The second-order valence-electron chi connectivity index (χ2n) is 6.68. The fourth-order valence-electron chi connectivity index (χ4n) is 3.49. The molecule has 0 spiro atoms. The highest BCUT2D eigenvalue weighted by Gasteiger charge is 2.24. The third-order valence-corrected chi connectivity index (χ3v) is 4.79. The molecular weight excluding hydrogens is 350 g/mol. The summed E-state index contributed by atoms with van der Waals surface area (Å²) >= 11 is 0. The summed E-state index contributed by atoms with van der Waals surface area (Å²) in [5, 5.41) is 19.2. The zero-order valence-corrected chi connectivity index (χ0v) is 14.8. The minimum Gasteiger partial charge on any atom is -0.375 e. The summed E-state index contributed by atoms with van der Waals surface area (Å²) in [6.07, 6.45) is 6.93. The molecule has 10 heteroatoms. The maximum absolute atomic E-state index is 11.9. The maximum atomic E-state index is 11.9. The van der Waals surface area contributed by atoms with Crippen molar-refractivity contribution in [1.82, 2.24) is 19.7 Å². The summed E-state index contributed by atoms with van der Waals surface area (Å²) in [5.74, 6) is 0. The van der Waals surface area contributed by atoms with Crippen molar-refractivity contribution in [3.05, 3.63) is 51.3 Å². The molecule has 3 aromatic rings. The summed E-state index contributed by atoms with van der Waals surface area (Å²) in [7, 11) is 1.87. The van der Waals surface area contributed by atoms with Crippen molar-refractivity contribution < 1.29 is 4.92 Å². The fourth-order valence-corrected chi connectivity index (χ4v) is 3.49. The number of benzene rings is 1. The van der Waals surface area contributed by atoms with E-state index in [2.05, 4.69) is 25.3 Å². The van der Waals surface area contributed by atoms with Gasteiger partial charge < -0.3 is 15.2 Å². The van der Waals surface area contributed by atoms with Crippen LogP contribution in [-0.4, -0.2) is 43.8 Å². The first kappa shape index (κ1) is 17.0. The molecule has 2 aromatic heterocycles. The molecule has 0 saturated carbocycles. The molecule has 140 valence electrons. The van der Waals surface area contributed by atoms with Gasteiger partial charge in [0.1, 0.15) is 5.69 Å². The summed E-state index contributed by atoms with van der Waals surface area (Å²) in [6.45, 7) is 1.63. The molecule has 0 bridgehead atoms. The lowest BCUT2D eigenvalue weighted by Crippen LogP contribution is -2.42. The number of H-pyrrole nitrogens is 1. The van der Waals surface area contributed by atoms with Gasteiger partial charge >= 0.3 is 0 Å². The van der Waals surface area contributed by atoms with Crippen LogP contribution in [0.15, 0.2) is 35.6 Å². The van der Waals surface area contributed by atoms with E-state index in [-0.39, 0.29) is 17.1 Å². The second-order valence-corrected chi connectivity index (χ2v) is 6.68. The monoisotopic (exact) mass is 369 g/mol. The first-order valence-corrected chi connectivity index (χ1v) is 8.67. The molecule has 1 atom stereocenters. The van der Waals surface area contributed by atoms with Gasteiger partial charge in [-0.2, -0.15) is 5.10 Å². The van der Waals surface area contributed by atoms with Crippen molar-refractivity contribution >= 4 is 28.0 Å². The fraction of sp³-hybridized carbons (Fsp3) is 0.353. The number of aromatic nitrogens is 4. The van der Waals surface area contributed by atoms with Crippen molar-refractivity contribution in [2.45, 2.75) is 18.9 Å². The molecule has 2 N–H and O–H groups in total. The van der Waals surface area contributed by atoms with E-state index in [1.807, 2.05) is 19.4 Å². The van der Waals surface area contributed by atoms with E-state index < -0.39 is 10.5 Å². The lowest BCUT2D eigenvalue weighted by atomic mass is 10.0. The number of aryl methyl sites for hydroxylation is 1. The van der Waals surface area contributed by atoms with Gasteiger partial charge in [0.15, 0.2) is 0 Å². The van der Waals surface area contributed by atoms with Crippen LogP contribution in [0.1, 0.15) is 12.8 Å². The Hall–Kier alpha value is -3.43. The van der Waals surface area contributed by atoms with E-state index in [0.717, 1.165) is 25.1 Å². The van der Waals surface area contributed by atoms with E-state index in [0.29, 0.717) is 17.7 Å². The number of nitro benzene ring substituents is 1. The lowest BCUT2D eigenvalue weighted by Gasteiger charge is -2.34. The van der Waals surface area contributed by atoms with Crippen molar-refractivity contribution in [1.29, 1.82) is 0 Å². The van der Waals surface area contributed by atoms with Gasteiger partial charge in [0, 0.05) is 38.4 Å². The molecule has 0 aliphatic carbocycles. The zero-order valence-electron chi connectivity index (χ0n) is 14.8. The minimum atomic E-state index is -0.476. The number of aromatic amines is 1. The van der Waals surface area contributed by atoms with Gasteiger partial charge in [-0.1, -0.05) is 0 Å². The van der Waals surface area contributed by atoms with Crippen LogP contribution in [-0.2, 0) is 7.05 Å². The molecule has 0 radical (unpaired) electrons. The van der Waals surface area contributed by atoms with Gasteiger partial charge in [-0.05, 0) is 18.9 Å². The van der Waals surface area contributed by atoms with Gasteiger partial charge in [0.25, 0.3) is 11.2 Å². The number of anilines is 2. The van der Waals surface area contributed by atoms with Crippen LogP contribution >= 0.6 is 0 Å². The van der Waals surface area contributed by atoms with Crippen LogP contribution < -0.4 is 15.8 Å². The average Bonchev–Trinajstić information content (AvgIpc) is 3.08. The number of piperidine rings is 1. The summed E-state index contributed by atoms with van der Waals surface area (Å²) in [6, 6.07) is 2.90. The van der Waals surface area contributed by atoms with Crippen LogP contribution in [0, 0.1) is 10.1 Å². The van der Waals surface area contributed by atoms with Gasteiger partial charge in [-0.15, -0.1) is 0 Å². The molecule has 10 nitrogen and oxygen atoms in total. The van der Waals surface area contributed by atoms with E-state index in [1.165, 1.54) is 12.4 Å². The summed E-state index contributed by atoms with van der Waals surface area (Å²) < 4.78 is 1.75. The van der Waals surface area contributed by atoms with E-state index >= 15 is 0 Å². The third-order valence-electron chi connectivity index (χ3n) is 4.79. The summed E-state index contributed by atoms with van der Waals surface area (Å²) in [5.41, 5.74) is 1.31. The molecule has 1 saturated heterocycles. The standard InChI is InChI=1S/C17H19N7O3/c1-22-9-12(7-20-22)23-4-2-3-11(8-23)21-15-6-14-13(5-16(15)24(26)27)17(25)19-10-18-14/h5-7,9-11,21H,2-4,8H2,1H3,(H,18,19,25). The number of nitro groups is 1. The molecule has 1 unspecified atom stereocenters. The average molecular weight is 369 g/mol. The Morgan fingerprint density at radius 1 is 1.41 bits per heavy atom. The third kappa shape index (κ3) is 3.33. The first-order chi connectivity index (χ1) is 13.0. The number of nitrogens with zero attached hydrogens (tertiary/aromatic N) is 5. The number of rotatable bonds is 4. The number of fused-ring (bicyclic) bond motifs is 1. The molecule has 27 heavy (non-hydrogen) atoms. The first-order valence-electron chi connectivity index (χ1n) is 8.67. The lowest BCUT2D eigenvalue weighted by molar-refractivity contribution is -0.383. The topological polar surface area (TPSA) is 122 Å². The second kappa shape index (κ2) is 6.71. The number of hydrogen-bond donors (Lipinski definition) is 2. The molecule has 1 aliphatic heterocycles. The Balaban J connectivity index is 1.63. The Morgan fingerprint density at radius 2 is 2.26 bits per heavy atom. The van der Waals surface area contributed by atoms with E-state index in [1.54, 1.807) is 10.7 Å². The molecular formula is C17H19N7O3. The Bertz CT molecular complexity index is 1060. The quantitative estimate of drug-likeness (QED) is 0.529. The number of nitrogens with one attached hydrogen (secondary N) is 2. The van der Waals surface area contributed by atoms with Gasteiger partial charge in [0.05, 0.1) is 34.0 Å². The highest BCUT2D eigenvalue weighted by atomic mass is 16.6. The van der Waals surface area contributed by atoms with Crippen LogP contribution in [0.5, 0.6) is 0 Å². The highest BCUT2D eigenvalue weighted by Crippen LogP contribution is 2.30.